The number of aliphatic hydroxyl groups is 4. The van der Waals surface area contributed by atoms with Gasteiger partial charge in [0.15, 0.2) is 34.6 Å². The van der Waals surface area contributed by atoms with E-state index in [4.69, 9.17) is 51.1 Å². The Morgan fingerprint density at radius 3 is 1.30 bits per heavy atom. The molecule has 54 heavy (non-hydrogen) atoms. The number of phenols is 6. The number of rotatable bonds is 6. The van der Waals surface area contributed by atoms with E-state index in [1.807, 2.05) is 24.3 Å². The number of carbonyl (C=O) groups is 2. The molecule has 0 aromatic heterocycles. The Bertz CT molecular complexity index is 1690. The minimum Gasteiger partial charge on any atom is -0.508 e. The third-order valence-corrected chi connectivity index (χ3v) is 6.75. The van der Waals surface area contributed by atoms with Crippen LogP contribution < -0.4 is 0 Å². The number of allylic oxidation sites excluding steroid dienone is 5. The Labute approximate surface area is 314 Å². The maximum atomic E-state index is 10.8. The smallest absolute Gasteiger partial charge is 0.188 e. The molecule has 2 aliphatic rings. The van der Waals surface area contributed by atoms with Crippen LogP contribution in [0.5, 0.6) is 34.5 Å². The Hall–Kier alpha value is -6.18. The summed E-state index contributed by atoms with van der Waals surface area (Å²) >= 11 is 0. The van der Waals surface area contributed by atoms with Gasteiger partial charge in [0.1, 0.15) is 17.6 Å². The molecule has 288 valence electrons. The van der Waals surface area contributed by atoms with E-state index in [-0.39, 0.29) is 54.4 Å². The molecule has 0 saturated heterocycles. The molecule has 0 heterocycles. The molecule has 1 unspecified atom stereocenters. The van der Waals surface area contributed by atoms with E-state index < -0.39 is 6.10 Å². The summed E-state index contributed by atoms with van der Waals surface area (Å²) in [6.45, 7) is 0.119. The molecule has 2 aliphatic carbocycles. The van der Waals surface area contributed by atoms with Crippen LogP contribution >= 0.6 is 0 Å². The lowest BCUT2D eigenvalue weighted by atomic mass is 10.0. The van der Waals surface area contributed by atoms with Crippen LogP contribution in [0.2, 0.25) is 0 Å². The predicted molar refractivity (Wildman–Crippen MR) is 205 cm³/mol. The molecule has 0 fully saturated rings. The van der Waals surface area contributed by atoms with Crippen LogP contribution in [0.25, 0.3) is 0 Å². The van der Waals surface area contributed by atoms with Gasteiger partial charge in [-0.05, 0) is 103 Å². The van der Waals surface area contributed by atoms with Crippen molar-refractivity contribution >= 4 is 11.6 Å². The molecule has 0 saturated carbocycles. The zero-order valence-electron chi connectivity index (χ0n) is 29.6. The van der Waals surface area contributed by atoms with Crippen LogP contribution in [0.4, 0.5) is 0 Å². The topological polar surface area (TPSA) is 236 Å². The number of hydrogen-bond donors (Lipinski definition) is 10. The summed E-state index contributed by atoms with van der Waals surface area (Å²) in [7, 11) is 0. The average molecular weight is 745 g/mol. The van der Waals surface area contributed by atoms with Gasteiger partial charge in [0.05, 0.1) is 0 Å². The Balaban J connectivity index is 0.000000328. The number of aliphatic hydroxyl groups excluding tert-OH is 4. The van der Waals surface area contributed by atoms with Crippen molar-refractivity contribution in [1.29, 1.82) is 0 Å². The van der Waals surface area contributed by atoms with Crippen molar-refractivity contribution in [3.63, 3.8) is 0 Å². The second-order valence-electron chi connectivity index (χ2n) is 11.1. The van der Waals surface area contributed by atoms with E-state index >= 15 is 0 Å². The van der Waals surface area contributed by atoms with Gasteiger partial charge < -0.3 is 51.1 Å². The number of benzene rings is 4. The molecule has 10 N–H and O–H groups in total. The monoisotopic (exact) mass is 744 g/mol. The van der Waals surface area contributed by atoms with E-state index in [2.05, 4.69) is 0 Å². The minimum atomic E-state index is -0.988. The summed E-state index contributed by atoms with van der Waals surface area (Å²) in [5, 5.41) is 87.6. The molecule has 0 bridgehead atoms. The first-order valence-electron chi connectivity index (χ1n) is 16.7. The summed E-state index contributed by atoms with van der Waals surface area (Å²) < 4.78 is 0. The maximum Gasteiger partial charge on any atom is 0.188 e. The van der Waals surface area contributed by atoms with Crippen molar-refractivity contribution in [3.8, 4) is 34.5 Å². The Morgan fingerprint density at radius 2 is 1.00 bits per heavy atom. The highest BCUT2D eigenvalue weighted by atomic mass is 16.3. The third kappa shape index (κ3) is 21.2. The fourth-order valence-electron chi connectivity index (χ4n) is 3.97. The van der Waals surface area contributed by atoms with Crippen molar-refractivity contribution in [2.75, 3.05) is 19.8 Å². The van der Waals surface area contributed by atoms with Gasteiger partial charge in [-0.3, -0.25) is 9.59 Å². The molecule has 4 aromatic rings. The summed E-state index contributed by atoms with van der Waals surface area (Å²) in [6.07, 6.45) is 12.6. The van der Waals surface area contributed by atoms with Crippen LogP contribution in [0.3, 0.4) is 0 Å². The second-order valence-corrected chi connectivity index (χ2v) is 11.1. The van der Waals surface area contributed by atoms with Gasteiger partial charge in [0, 0.05) is 26.2 Å². The first kappa shape index (κ1) is 45.8. The molecular weight excluding hydrogens is 696 g/mol. The number of hydrogen-bond acceptors (Lipinski definition) is 12. The standard InChI is InChI=1S/3C8H10O3.3C6H6O/c3*9-4-3-6-1-2-7(10)8(11)5-6;3*7-6-4-2-1-3-5-6/h2*1-2,5,9-11H,3-4H2;1-2,5,7,9-10H,3-4H2;1-4H,5H2;2*1-5,7H. The molecule has 1 atom stereocenters. The minimum absolute atomic E-state index is 0.0273. The first-order valence-corrected chi connectivity index (χ1v) is 16.7. The molecule has 6 rings (SSSR count). The van der Waals surface area contributed by atoms with Crippen LogP contribution in [0, 0.1) is 0 Å². The van der Waals surface area contributed by atoms with E-state index in [1.54, 1.807) is 78.9 Å². The van der Waals surface area contributed by atoms with E-state index in [0.29, 0.717) is 37.2 Å². The SMILES string of the molecule is O=C1C=C(CCO)C=CC1O.O=C1C=CC=CC1.OCCc1ccc(O)c(O)c1.OCCc1ccc(O)c(O)c1.Oc1ccccc1.Oc1ccccc1. The summed E-state index contributed by atoms with van der Waals surface area (Å²) in [5.74, 6) is -0.0197. The molecule has 12 heteroatoms. The van der Waals surface area contributed by atoms with Gasteiger partial charge in [0.25, 0.3) is 0 Å². The fraction of sp³-hybridized carbons (Fsp3) is 0.190. The van der Waals surface area contributed by atoms with Gasteiger partial charge in [0.2, 0.25) is 0 Å². The molecular formula is C42H48O12. The zero-order chi connectivity index (χ0) is 40.1. The highest BCUT2D eigenvalue weighted by molar-refractivity contribution is 5.97. The molecule has 0 amide bonds. The van der Waals surface area contributed by atoms with Crippen LogP contribution in [0.1, 0.15) is 24.0 Å². The van der Waals surface area contributed by atoms with Crippen LogP contribution in [-0.4, -0.2) is 88.6 Å². The predicted octanol–water partition coefficient (Wildman–Crippen LogP) is 4.92. The van der Waals surface area contributed by atoms with Crippen LogP contribution in [-0.2, 0) is 22.4 Å². The average Bonchev–Trinajstić information content (AvgIpc) is 3.16. The lowest BCUT2D eigenvalue weighted by Gasteiger charge is -2.08. The van der Waals surface area contributed by atoms with Gasteiger partial charge >= 0.3 is 0 Å². The van der Waals surface area contributed by atoms with Gasteiger partial charge in [-0.1, -0.05) is 72.8 Å². The van der Waals surface area contributed by atoms with Crippen molar-refractivity contribution in [2.45, 2.75) is 31.8 Å². The van der Waals surface area contributed by atoms with Crippen LogP contribution in [0.15, 0.2) is 145 Å². The lowest BCUT2D eigenvalue weighted by Crippen LogP contribution is -2.18. The van der Waals surface area contributed by atoms with Crippen molar-refractivity contribution in [1.82, 2.24) is 0 Å². The maximum absolute atomic E-state index is 10.8. The van der Waals surface area contributed by atoms with E-state index in [1.165, 1.54) is 36.4 Å². The molecule has 0 radical (unpaired) electrons. The molecule has 12 nitrogen and oxygen atoms in total. The van der Waals surface area contributed by atoms with Crippen molar-refractivity contribution < 1.29 is 60.7 Å². The number of phenolic OH excluding ortho intramolecular Hbond substituents is 6. The highest BCUT2D eigenvalue weighted by Gasteiger charge is 2.13. The van der Waals surface area contributed by atoms with Gasteiger partial charge in [-0.2, -0.15) is 0 Å². The summed E-state index contributed by atoms with van der Waals surface area (Å²) in [4.78, 5) is 21.1. The quantitative estimate of drug-likeness (QED) is 0.119. The summed E-state index contributed by atoms with van der Waals surface area (Å²) in [5.41, 5.74) is 2.38. The second kappa shape index (κ2) is 27.5. The highest BCUT2D eigenvalue weighted by Crippen LogP contribution is 2.25. The number of para-hydroxylation sites is 2. The van der Waals surface area contributed by atoms with Crippen molar-refractivity contribution in [3.05, 3.63) is 156 Å². The van der Waals surface area contributed by atoms with Gasteiger partial charge in [-0.25, -0.2) is 0 Å². The zero-order valence-corrected chi connectivity index (χ0v) is 29.6. The summed E-state index contributed by atoms with van der Waals surface area (Å²) in [6, 6.07) is 26.4. The van der Waals surface area contributed by atoms with E-state index in [9.17, 15) is 9.59 Å². The van der Waals surface area contributed by atoms with E-state index in [0.717, 1.165) is 16.7 Å². The molecule has 4 aromatic carbocycles. The Kier molecular flexibility index (Phi) is 23.3. The normalized spacial score (nSPS) is 13.4. The van der Waals surface area contributed by atoms with Gasteiger partial charge in [-0.15, -0.1) is 0 Å². The lowest BCUT2D eigenvalue weighted by molar-refractivity contribution is -0.120. The molecule has 0 spiro atoms. The van der Waals surface area contributed by atoms with Crippen molar-refractivity contribution in [2.24, 2.45) is 0 Å². The molecule has 0 aliphatic heterocycles. The third-order valence-electron chi connectivity index (χ3n) is 6.75. The number of carbonyl (C=O) groups excluding carboxylic acids is 2. The first-order chi connectivity index (χ1) is 25.9. The number of ketones is 2. The number of aromatic hydroxyl groups is 6. The fourth-order valence-corrected chi connectivity index (χ4v) is 3.97. The Morgan fingerprint density at radius 1 is 0.537 bits per heavy atom. The largest absolute Gasteiger partial charge is 0.508 e.